The number of hydrogen-bond donors (Lipinski definition) is 0. The minimum atomic E-state index is -4.32. The van der Waals surface area contributed by atoms with Gasteiger partial charge in [-0.25, -0.2) is 0 Å². The van der Waals surface area contributed by atoms with Crippen molar-refractivity contribution in [2.75, 3.05) is 12.5 Å². The number of rotatable bonds is 6. The van der Waals surface area contributed by atoms with Gasteiger partial charge in [0.15, 0.2) is 0 Å². The molecule has 17 heavy (non-hydrogen) atoms. The van der Waals surface area contributed by atoms with Crippen LogP contribution in [0, 0.1) is 0 Å². The summed E-state index contributed by atoms with van der Waals surface area (Å²) in [6, 6.07) is 4.91. The van der Waals surface area contributed by atoms with E-state index in [1.165, 1.54) is 12.1 Å². The molecule has 0 bridgehead atoms. The quantitative estimate of drug-likeness (QED) is 0.544. The van der Waals surface area contributed by atoms with Crippen LogP contribution in [0.2, 0.25) is 0 Å². The molecule has 0 aliphatic rings. The molecule has 1 aromatic rings. The second kappa shape index (κ2) is 6.74. The standard InChI is InChI=1S/C12H14ClF3O/c13-7-2-1-3-8-17-11-6-4-5-10(9-11)12(14,15)16/h4-6,9H,1-3,7-8H2. The number of hydrogen-bond acceptors (Lipinski definition) is 1. The molecule has 0 heterocycles. The van der Waals surface area contributed by atoms with Crippen LogP contribution in [0.1, 0.15) is 24.8 Å². The Labute approximate surface area is 104 Å². The van der Waals surface area contributed by atoms with Gasteiger partial charge >= 0.3 is 6.18 Å². The molecule has 0 spiro atoms. The summed E-state index contributed by atoms with van der Waals surface area (Å²) < 4.78 is 42.4. The summed E-state index contributed by atoms with van der Waals surface area (Å²) >= 11 is 5.50. The van der Waals surface area contributed by atoms with Crippen molar-refractivity contribution >= 4 is 11.6 Å². The van der Waals surface area contributed by atoms with Crippen molar-refractivity contribution in [1.82, 2.24) is 0 Å². The predicted octanol–water partition coefficient (Wildman–Crippen LogP) is 4.49. The zero-order valence-corrected chi connectivity index (χ0v) is 10.0. The summed E-state index contributed by atoms with van der Waals surface area (Å²) in [5.74, 6) is 0.856. The highest BCUT2D eigenvalue weighted by molar-refractivity contribution is 6.17. The maximum Gasteiger partial charge on any atom is 0.416 e. The van der Waals surface area contributed by atoms with Crippen molar-refractivity contribution in [3.8, 4) is 5.75 Å². The highest BCUT2D eigenvalue weighted by Crippen LogP contribution is 2.31. The number of ether oxygens (including phenoxy) is 1. The first-order valence-electron chi connectivity index (χ1n) is 5.40. The lowest BCUT2D eigenvalue weighted by atomic mass is 10.2. The van der Waals surface area contributed by atoms with Gasteiger partial charge in [-0.15, -0.1) is 11.6 Å². The van der Waals surface area contributed by atoms with Crippen LogP contribution in [0.25, 0.3) is 0 Å². The third kappa shape index (κ3) is 5.31. The third-order valence-corrected chi connectivity index (χ3v) is 2.48. The fourth-order valence-electron chi connectivity index (χ4n) is 1.33. The highest BCUT2D eigenvalue weighted by Gasteiger charge is 2.30. The van der Waals surface area contributed by atoms with E-state index in [0.29, 0.717) is 12.5 Å². The molecule has 0 saturated heterocycles. The van der Waals surface area contributed by atoms with Crippen LogP contribution >= 0.6 is 11.6 Å². The molecule has 0 unspecified atom stereocenters. The Morgan fingerprint density at radius 3 is 2.53 bits per heavy atom. The SMILES string of the molecule is FC(F)(F)c1cccc(OCCCCCCl)c1. The Kier molecular flexibility index (Phi) is 5.62. The van der Waals surface area contributed by atoms with Gasteiger partial charge in [-0.3, -0.25) is 0 Å². The van der Waals surface area contributed by atoms with Crippen LogP contribution < -0.4 is 4.74 Å². The monoisotopic (exact) mass is 266 g/mol. The van der Waals surface area contributed by atoms with E-state index in [2.05, 4.69) is 0 Å². The van der Waals surface area contributed by atoms with Crippen LogP contribution in [0.3, 0.4) is 0 Å². The average molecular weight is 267 g/mol. The zero-order chi connectivity index (χ0) is 12.7. The summed E-state index contributed by atoms with van der Waals surface area (Å²) in [5, 5.41) is 0. The van der Waals surface area contributed by atoms with Gasteiger partial charge in [0.25, 0.3) is 0 Å². The summed E-state index contributed by atoms with van der Waals surface area (Å²) in [4.78, 5) is 0. The van der Waals surface area contributed by atoms with E-state index in [-0.39, 0.29) is 5.75 Å². The van der Waals surface area contributed by atoms with Crippen molar-refractivity contribution in [2.24, 2.45) is 0 Å². The average Bonchev–Trinajstić information content (AvgIpc) is 2.28. The van der Waals surface area contributed by atoms with Crippen LogP contribution in [-0.2, 0) is 6.18 Å². The molecule has 0 N–H and O–H groups in total. The molecule has 5 heteroatoms. The van der Waals surface area contributed by atoms with E-state index in [9.17, 15) is 13.2 Å². The molecule has 1 aromatic carbocycles. The van der Waals surface area contributed by atoms with E-state index >= 15 is 0 Å². The van der Waals surface area contributed by atoms with Gasteiger partial charge in [-0.2, -0.15) is 13.2 Å². The third-order valence-electron chi connectivity index (χ3n) is 2.21. The van der Waals surface area contributed by atoms with Gasteiger partial charge < -0.3 is 4.74 Å². The Hall–Kier alpha value is -0.900. The molecular formula is C12H14ClF3O. The lowest BCUT2D eigenvalue weighted by molar-refractivity contribution is -0.137. The normalized spacial score (nSPS) is 11.5. The van der Waals surface area contributed by atoms with Gasteiger partial charge in [-0.1, -0.05) is 6.07 Å². The Morgan fingerprint density at radius 1 is 1.12 bits per heavy atom. The maximum atomic E-state index is 12.4. The van der Waals surface area contributed by atoms with Crippen molar-refractivity contribution < 1.29 is 17.9 Å². The molecule has 0 aliphatic carbocycles. The van der Waals surface area contributed by atoms with Crippen LogP contribution in [0.15, 0.2) is 24.3 Å². The fraction of sp³-hybridized carbons (Fsp3) is 0.500. The van der Waals surface area contributed by atoms with E-state index in [1.54, 1.807) is 0 Å². The molecule has 0 aliphatic heterocycles. The fourth-order valence-corrected chi connectivity index (χ4v) is 1.51. The molecule has 0 aromatic heterocycles. The van der Waals surface area contributed by atoms with E-state index in [4.69, 9.17) is 16.3 Å². The van der Waals surface area contributed by atoms with Crippen molar-refractivity contribution in [3.63, 3.8) is 0 Å². The molecule has 1 rings (SSSR count). The molecule has 0 saturated carbocycles. The topological polar surface area (TPSA) is 9.23 Å². The largest absolute Gasteiger partial charge is 0.494 e. The van der Waals surface area contributed by atoms with Gasteiger partial charge in [-0.05, 0) is 37.5 Å². The molecule has 0 radical (unpaired) electrons. The maximum absolute atomic E-state index is 12.4. The molecular weight excluding hydrogens is 253 g/mol. The Morgan fingerprint density at radius 2 is 1.88 bits per heavy atom. The summed E-state index contributed by atoms with van der Waals surface area (Å²) in [7, 11) is 0. The van der Waals surface area contributed by atoms with Crippen LogP contribution in [-0.4, -0.2) is 12.5 Å². The van der Waals surface area contributed by atoms with Gasteiger partial charge in [0.05, 0.1) is 12.2 Å². The summed E-state index contributed by atoms with van der Waals surface area (Å²) in [5.41, 5.74) is -0.684. The zero-order valence-electron chi connectivity index (χ0n) is 9.27. The number of benzene rings is 1. The molecule has 0 fully saturated rings. The first-order chi connectivity index (χ1) is 8.04. The smallest absolute Gasteiger partial charge is 0.416 e. The first-order valence-corrected chi connectivity index (χ1v) is 5.93. The summed E-state index contributed by atoms with van der Waals surface area (Å²) in [6.07, 6.45) is -1.71. The Balaban J connectivity index is 2.44. The minimum Gasteiger partial charge on any atom is -0.494 e. The second-order valence-electron chi connectivity index (χ2n) is 3.62. The van der Waals surface area contributed by atoms with Crippen molar-refractivity contribution in [1.29, 1.82) is 0 Å². The van der Waals surface area contributed by atoms with Gasteiger partial charge in [0, 0.05) is 5.88 Å². The molecule has 0 amide bonds. The van der Waals surface area contributed by atoms with Crippen LogP contribution in [0.4, 0.5) is 13.2 Å². The van der Waals surface area contributed by atoms with E-state index in [1.807, 2.05) is 0 Å². The lowest BCUT2D eigenvalue weighted by Gasteiger charge is -2.10. The predicted molar refractivity (Wildman–Crippen MR) is 61.5 cm³/mol. The molecule has 96 valence electrons. The molecule has 1 nitrogen and oxygen atoms in total. The first kappa shape index (κ1) is 14.2. The highest BCUT2D eigenvalue weighted by atomic mass is 35.5. The van der Waals surface area contributed by atoms with E-state index < -0.39 is 11.7 Å². The Bertz CT molecular complexity index is 339. The van der Waals surface area contributed by atoms with E-state index in [0.717, 1.165) is 31.4 Å². The van der Waals surface area contributed by atoms with Crippen molar-refractivity contribution in [3.05, 3.63) is 29.8 Å². The summed E-state index contributed by atoms with van der Waals surface area (Å²) in [6.45, 7) is 0.415. The van der Waals surface area contributed by atoms with Gasteiger partial charge in [0.2, 0.25) is 0 Å². The van der Waals surface area contributed by atoms with Crippen LogP contribution in [0.5, 0.6) is 5.75 Å². The minimum absolute atomic E-state index is 0.255. The van der Waals surface area contributed by atoms with Gasteiger partial charge in [0.1, 0.15) is 5.75 Å². The lowest BCUT2D eigenvalue weighted by Crippen LogP contribution is -2.05. The van der Waals surface area contributed by atoms with Crippen molar-refractivity contribution in [2.45, 2.75) is 25.4 Å². The number of alkyl halides is 4. The second-order valence-corrected chi connectivity index (χ2v) is 4.00. The number of unbranched alkanes of at least 4 members (excludes halogenated alkanes) is 2. The molecule has 0 atom stereocenters. The number of halogens is 4.